The Morgan fingerprint density at radius 1 is 0.690 bits per heavy atom. The molecule has 1 heterocycles. The average molecular weight is 565 g/mol. The summed E-state index contributed by atoms with van der Waals surface area (Å²) in [7, 11) is 1.56. The van der Waals surface area contributed by atoms with Crippen molar-refractivity contribution in [2.75, 3.05) is 13.7 Å². The summed E-state index contributed by atoms with van der Waals surface area (Å²) < 4.78 is 31.1. The minimum atomic E-state index is -1.79. The maximum Gasteiger partial charge on any atom is 0.186 e. The SMILES string of the molecule is CO[C@H]1OC(COCc2ccccc2)[C@@](O)(C#Cc2ccccc2)C(OCc2ccccc2)C1OCc1ccccc1. The number of hydrogen-bond donors (Lipinski definition) is 1. The van der Waals surface area contributed by atoms with E-state index in [0.717, 1.165) is 22.3 Å². The first-order chi connectivity index (χ1) is 20.7. The van der Waals surface area contributed by atoms with Crippen molar-refractivity contribution in [2.24, 2.45) is 0 Å². The number of benzene rings is 4. The van der Waals surface area contributed by atoms with E-state index in [9.17, 15) is 5.11 Å². The lowest BCUT2D eigenvalue weighted by Gasteiger charge is -2.48. The molecule has 6 heteroatoms. The van der Waals surface area contributed by atoms with Gasteiger partial charge in [0.05, 0.1) is 26.4 Å². The number of ether oxygens (including phenoxy) is 5. The minimum Gasteiger partial charge on any atom is -0.374 e. The third-order valence-corrected chi connectivity index (χ3v) is 7.14. The zero-order chi connectivity index (χ0) is 29.0. The van der Waals surface area contributed by atoms with Gasteiger partial charge in [-0.3, -0.25) is 0 Å². The van der Waals surface area contributed by atoms with Gasteiger partial charge in [0.25, 0.3) is 0 Å². The minimum absolute atomic E-state index is 0.0608. The van der Waals surface area contributed by atoms with Crippen LogP contribution in [0.1, 0.15) is 22.3 Å². The van der Waals surface area contributed by atoms with Gasteiger partial charge < -0.3 is 28.8 Å². The molecule has 0 amide bonds. The van der Waals surface area contributed by atoms with Crippen LogP contribution in [0.5, 0.6) is 0 Å². The van der Waals surface area contributed by atoms with Crippen molar-refractivity contribution < 1.29 is 28.8 Å². The van der Waals surface area contributed by atoms with Crippen LogP contribution in [0.2, 0.25) is 0 Å². The van der Waals surface area contributed by atoms with Crippen LogP contribution < -0.4 is 0 Å². The summed E-state index contributed by atoms with van der Waals surface area (Å²) in [5.41, 5.74) is 1.90. The lowest BCUT2D eigenvalue weighted by atomic mass is 9.84. The first-order valence-corrected chi connectivity index (χ1v) is 14.1. The van der Waals surface area contributed by atoms with Crippen LogP contribution in [-0.4, -0.2) is 49.0 Å². The Morgan fingerprint density at radius 3 is 1.74 bits per heavy atom. The molecule has 1 aliphatic heterocycles. The fourth-order valence-corrected chi connectivity index (χ4v) is 4.89. The molecule has 1 aliphatic rings. The van der Waals surface area contributed by atoms with Gasteiger partial charge in [0.1, 0.15) is 18.3 Å². The summed E-state index contributed by atoms with van der Waals surface area (Å²) in [6, 6.07) is 39.0. The Bertz CT molecular complexity index is 1400. The molecule has 0 saturated carbocycles. The van der Waals surface area contributed by atoms with Gasteiger partial charge in [0.15, 0.2) is 11.9 Å². The molecule has 1 N–H and O–H groups in total. The molecule has 5 atom stereocenters. The molecule has 0 aromatic heterocycles. The molecule has 1 fully saturated rings. The van der Waals surface area contributed by atoms with Crippen LogP contribution in [0, 0.1) is 11.8 Å². The van der Waals surface area contributed by atoms with Gasteiger partial charge in [-0.15, -0.1) is 0 Å². The van der Waals surface area contributed by atoms with Gasteiger partial charge >= 0.3 is 0 Å². The number of rotatable bonds is 11. The third kappa shape index (κ3) is 7.72. The fraction of sp³-hybridized carbons (Fsp3) is 0.278. The van der Waals surface area contributed by atoms with E-state index in [0.29, 0.717) is 6.61 Å². The van der Waals surface area contributed by atoms with E-state index < -0.39 is 30.2 Å². The van der Waals surface area contributed by atoms with E-state index in [1.807, 2.05) is 121 Å². The highest BCUT2D eigenvalue weighted by molar-refractivity contribution is 5.38. The molecule has 216 valence electrons. The number of hydrogen-bond acceptors (Lipinski definition) is 6. The fourth-order valence-electron chi connectivity index (χ4n) is 4.89. The van der Waals surface area contributed by atoms with Crippen LogP contribution >= 0.6 is 0 Å². The second-order valence-electron chi connectivity index (χ2n) is 10.1. The molecule has 4 aromatic rings. The largest absolute Gasteiger partial charge is 0.374 e. The monoisotopic (exact) mass is 564 g/mol. The lowest BCUT2D eigenvalue weighted by molar-refractivity contribution is -0.332. The van der Waals surface area contributed by atoms with Crippen LogP contribution in [0.15, 0.2) is 121 Å². The van der Waals surface area contributed by atoms with Gasteiger partial charge in [-0.1, -0.05) is 121 Å². The van der Waals surface area contributed by atoms with Crippen molar-refractivity contribution in [2.45, 2.75) is 50.0 Å². The van der Waals surface area contributed by atoms with Crippen LogP contribution in [0.4, 0.5) is 0 Å². The molecule has 42 heavy (non-hydrogen) atoms. The summed E-state index contributed by atoms with van der Waals surface area (Å²) in [6.45, 7) is 0.923. The summed E-state index contributed by atoms with van der Waals surface area (Å²) in [5.74, 6) is 6.25. The van der Waals surface area contributed by atoms with Gasteiger partial charge in [0, 0.05) is 12.7 Å². The van der Waals surface area contributed by atoms with E-state index >= 15 is 0 Å². The smallest absolute Gasteiger partial charge is 0.186 e. The van der Waals surface area contributed by atoms with Crippen LogP contribution in [0.25, 0.3) is 0 Å². The topological polar surface area (TPSA) is 66.4 Å². The van der Waals surface area contributed by atoms with Crippen LogP contribution in [0.3, 0.4) is 0 Å². The van der Waals surface area contributed by atoms with E-state index in [-0.39, 0.29) is 19.8 Å². The van der Waals surface area contributed by atoms with E-state index in [1.165, 1.54) is 0 Å². The van der Waals surface area contributed by atoms with Gasteiger partial charge in [-0.05, 0) is 28.8 Å². The predicted octanol–water partition coefficient (Wildman–Crippen LogP) is 5.53. The molecular weight excluding hydrogens is 528 g/mol. The summed E-state index contributed by atoms with van der Waals surface area (Å²) in [5, 5.41) is 12.5. The molecule has 0 aliphatic carbocycles. The van der Waals surface area contributed by atoms with Crippen LogP contribution in [-0.2, 0) is 43.5 Å². The maximum absolute atomic E-state index is 12.5. The van der Waals surface area contributed by atoms with Crippen molar-refractivity contribution >= 4 is 0 Å². The third-order valence-electron chi connectivity index (χ3n) is 7.14. The molecule has 6 nitrogen and oxygen atoms in total. The zero-order valence-electron chi connectivity index (χ0n) is 23.7. The molecule has 4 aromatic carbocycles. The normalized spacial score (nSPS) is 23.6. The first-order valence-electron chi connectivity index (χ1n) is 14.1. The molecule has 5 rings (SSSR count). The standard InChI is InChI=1S/C36H36O6/c1-38-35-33(40-25-30-18-10-4-11-19-30)34(41-26-31-20-12-5-13-21-31)36(37,23-22-28-14-6-2-7-15-28)32(42-35)27-39-24-29-16-8-3-9-17-29/h2-21,32-35,37H,24-27H2,1H3/t32?,33?,34?,35-,36-/m0/s1. The Balaban J connectivity index is 1.47. The lowest BCUT2D eigenvalue weighted by Crippen LogP contribution is -2.68. The Morgan fingerprint density at radius 2 is 1.19 bits per heavy atom. The van der Waals surface area contributed by atoms with E-state index in [4.69, 9.17) is 23.7 Å². The van der Waals surface area contributed by atoms with Crippen molar-refractivity contribution in [1.29, 1.82) is 0 Å². The van der Waals surface area contributed by atoms with E-state index in [2.05, 4.69) is 11.8 Å². The summed E-state index contributed by atoms with van der Waals surface area (Å²) in [6.07, 6.45) is -3.45. The molecule has 0 bridgehead atoms. The highest BCUT2D eigenvalue weighted by Gasteiger charge is 2.57. The molecule has 0 radical (unpaired) electrons. The first kappa shape index (κ1) is 29.7. The second kappa shape index (κ2) is 14.9. The van der Waals surface area contributed by atoms with Crippen molar-refractivity contribution in [1.82, 2.24) is 0 Å². The average Bonchev–Trinajstić information content (AvgIpc) is 3.05. The Kier molecular flexibility index (Phi) is 10.5. The second-order valence-corrected chi connectivity index (χ2v) is 10.1. The van der Waals surface area contributed by atoms with Crippen molar-refractivity contribution in [3.05, 3.63) is 144 Å². The Labute approximate surface area is 247 Å². The van der Waals surface area contributed by atoms with Gasteiger partial charge in [-0.25, -0.2) is 0 Å². The van der Waals surface area contributed by atoms with Crippen molar-refractivity contribution in [3.63, 3.8) is 0 Å². The molecule has 1 saturated heterocycles. The number of aliphatic hydroxyl groups is 1. The predicted molar refractivity (Wildman–Crippen MR) is 160 cm³/mol. The van der Waals surface area contributed by atoms with E-state index in [1.54, 1.807) is 7.11 Å². The molecular formula is C36H36O6. The van der Waals surface area contributed by atoms with Gasteiger partial charge in [-0.2, -0.15) is 0 Å². The Hall–Kier alpha value is -3.80. The van der Waals surface area contributed by atoms with Gasteiger partial charge in [0.2, 0.25) is 0 Å². The zero-order valence-corrected chi connectivity index (χ0v) is 23.7. The summed E-state index contributed by atoms with van der Waals surface area (Å²) in [4.78, 5) is 0. The highest BCUT2D eigenvalue weighted by atomic mass is 16.7. The molecule has 3 unspecified atom stereocenters. The quantitative estimate of drug-likeness (QED) is 0.242. The maximum atomic E-state index is 12.5. The highest BCUT2D eigenvalue weighted by Crippen LogP contribution is 2.35. The van der Waals surface area contributed by atoms with Crippen molar-refractivity contribution in [3.8, 4) is 11.8 Å². The summed E-state index contributed by atoms with van der Waals surface area (Å²) >= 11 is 0. The molecule has 0 spiro atoms. The number of methoxy groups -OCH3 is 1.